The molecule has 4 N–H and O–H groups in total. The number of benzene rings is 1. The molecule has 0 saturated heterocycles. The Labute approximate surface area is 129 Å². The molecule has 0 aliphatic heterocycles. The highest BCUT2D eigenvalue weighted by Gasteiger charge is 2.24. The minimum atomic E-state index is -3.88. The fourth-order valence-electron chi connectivity index (χ4n) is 1.76. The van der Waals surface area contributed by atoms with E-state index in [1.54, 1.807) is 0 Å². The van der Waals surface area contributed by atoms with Crippen molar-refractivity contribution in [1.82, 2.24) is 4.72 Å². The third kappa shape index (κ3) is 5.10. The Morgan fingerprint density at radius 2 is 2.05 bits per heavy atom. The van der Waals surface area contributed by atoms with Gasteiger partial charge in [0.05, 0.1) is 10.7 Å². The van der Waals surface area contributed by atoms with Crippen LogP contribution in [0.2, 0.25) is 5.02 Å². The molecule has 1 aromatic carbocycles. The minimum absolute atomic E-state index is 0.0521. The molecule has 5 nitrogen and oxygen atoms in total. The average Bonchev–Trinajstić information content (AvgIpc) is 2.38. The number of aliphatic hydroxyl groups excluding tert-OH is 1. The van der Waals surface area contributed by atoms with Gasteiger partial charge in [0.15, 0.2) is 0 Å². The number of hydrogen-bond acceptors (Lipinski definition) is 4. The van der Waals surface area contributed by atoms with E-state index in [0.717, 1.165) is 12.1 Å². The fourth-order valence-corrected chi connectivity index (χ4v) is 3.55. The van der Waals surface area contributed by atoms with E-state index >= 15 is 0 Å². The summed E-state index contributed by atoms with van der Waals surface area (Å²) in [6.07, 6.45) is 1.24. The number of aliphatic hydroxyl groups is 1. The topological polar surface area (TPSA) is 92.4 Å². The summed E-state index contributed by atoms with van der Waals surface area (Å²) in [4.78, 5) is -0.249. The number of halogens is 2. The molecular weight excluding hydrogens is 319 g/mol. The van der Waals surface area contributed by atoms with Gasteiger partial charge in [0.1, 0.15) is 10.7 Å². The average molecular weight is 339 g/mol. The van der Waals surface area contributed by atoms with Crippen LogP contribution in [0.15, 0.2) is 17.0 Å². The first-order valence-corrected chi connectivity index (χ1v) is 8.30. The smallest absolute Gasteiger partial charge is 0.242 e. The Bertz CT molecular complexity index is 606. The van der Waals surface area contributed by atoms with E-state index in [1.807, 2.05) is 13.8 Å². The number of anilines is 1. The van der Waals surface area contributed by atoms with Crippen molar-refractivity contribution >= 4 is 27.3 Å². The number of sulfonamides is 1. The number of hydrogen-bond donors (Lipinski definition) is 3. The molecule has 1 aromatic rings. The maximum Gasteiger partial charge on any atom is 0.242 e. The third-order valence-corrected chi connectivity index (χ3v) is 4.96. The highest BCUT2D eigenvalue weighted by Crippen LogP contribution is 2.27. The van der Waals surface area contributed by atoms with Gasteiger partial charge in [0.2, 0.25) is 10.0 Å². The minimum Gasteiger partial charge on any atom is -0.396 e. The monoisotopic (exact) mass is 338 g/mol. The van der Waals surface area contributed by atoms with Gasteiger partial charge in [-0.1, -0.05) is 25.4 Å². The fraction of sp³-hybridized carbons (Fsp3) is 0.538. The number of nitrogens with one attached hydrogen (secondary N) is 1. The van der Waals surface area contributed by atoms with E-state index in [2.05, 4.69) is 4.72 Å². The van der Waals surface area contributed by atoms with E-state index in [9.17, 15) is 12.8 Å². The van der Waals surface area contributed by atoms with Crippen molar-refractivity contribution in [3.05, 3.63) is 23.0 Å². The zero-order valence-corrected chi connectivity index (χ0v) is 13.6. The highest BCUT2D eigenvalue weighted by atomic mass is 35.5. The molecule has 8 heteroatoms. The van der Waals surface area contributed by atoms with Crippen molar-refractivity contribution in [2.45, 2.75) is 31.6 Å². The van der Waals surface area contributed by atoms with Crippen molar-refractivity contribution in [3.8, 4) is 0 Å². The highest BCUT2D eigenvalue weighted by molar-refractivity contribution is 7.89. The lowest BCUT2D eigenvalue weighted by atomic mass is 9.88. The Morgan fingerprint density at radius 1 is 1.43 bits per heavy atom. The lowest BCUT2D eigenvalue weighted by Gasteiger charge is -2.24. The quantitative estimate of drug-likeness (QED) is 0.664. The second kappa shape index (κ2) is 6.91. The molecule has 120 valence electrons. The van der Waals surface area contributed by atoms with Gasteiger partial charge in [-0.2, -0.15) is 0 Å². The summed E-state index contributed by atoms with van der Waals surface area (Å²) in [5.74, 6) is -0.762. The number of nitrogens with two attached hydrogens (primary N) is 1. The van der Waals surface area contributed by atoms with Gasteiger partial charge in [-0.3, -0.25) is 0 Å². The van der Waals surface area contributed by atoms with E-state index in [1.165, 1.54) is 0 Å². The molecule has 1 rings (SSSR count). The van der Waals surface area contributed by atoms with Gasteiger partial charge in [-0.05, 0) is 30.4 Å². The van der Waals surface area contributed by atoms with Crippen LogP contribution in [0.1, 0.15) is 26.7 Å². The number of nitrogen functional groups attached to an aromatic ring is 1. The maximum atomic E-state index is 13.2. The normalized spacial score (nSPS) is 12.6. The summed E-state index contributed by atoms with van der Waals surface area (Å²) < 4.78 is 40.1. The van der Waals surface area contributed by atoms with Crippen LogP contribution in [0, 0.1) is 11.2 Å². The SMILES string of the molecule is CC(C)(CCCO)CNS(=O)(=O)c1cc(N)c(F)cc1Cl. The van der Waals surface area contributed by atoms with E-state index in [-0.39, 0.29) is 34.2 Å². The zero-order valence-electron chi connectivity index (χ0n) is 12.0. The Kier molecular flexibility index (Phi) is 5.98. The predicted octanol–water partition coefficient (Wildman–Crippen LogP) is 2.14. The number of rotatable bonds is 7. The predicted molar refractivity (Wildman–Crippen MR) is 81.1 cm³/mol. The van der Waals surface area contributed by atoms with E-state index < -0.39 is 15.8 Å². The van der Waals surface area contributed by atoms with Crippen molar-refractivity contribution in [1.29, 1.82) is 0 Å². The lowest BCUT2D eigenvalue weighted by molar-refractivity contribution is 0.242. The summed E-state index contributed by atoms with van der Waals surface area (Å²) in [6, 6.07) is 1.88. The summed E-state index contributed by atoms with van der Waals surface area (Å²) in [5, 5.41) is 8.60. The van der Waals surface area contributed by atoms with Crippen molar-refractivity contribution < 1.29 is 17.9 Å². The molecule has 0 aromatic heterocycles. The van der Waals surface area contributed by atoms with Crippen LogP contribution < -0.4 is 10.5 Å². The molecule has 0 fully saturated rings. The van der Waals surface area contributed by atoms with Gasteiger partial charge in [-0.25, -0.2) is 17.5 Å². The van der Waals surface area contributed by atoms with Crippen molar-refractivity contribution in [2.24, 2.45) is 5.41 Å². The first kappa shape index (κ1) is 18.2. The van der Waals surface area contributed by atoms with Crippen molar-refractivity contribution in [2.75, 3.05) is 18.9 Å². The standard InChI is InChI=1S/C13H20ClFN2O3S/c1-13(2,4-3-5-18)8-17-21(19,20)12-7-11(16)10(15)6-9(12)14/h6-7,17-18H,3-5,8,16H2,1-2H3. The first-order valence-electron chi connectivity index (χ1n) is 6.44. The van der Waals surface area contributed by atoms with Gasteiger partial charge >= 0.3 is 0 Å². The molecule has 0 spiro atoms. The van der Waals surface area contributed by atoms with Crippen LogP contribution in [-0.2, 0) is 10.0 Å². The Hall–Kier alpha value is -0.890. The molecule has 21 heavy (non-hydrogen) atoms. The van der Waals surface area contributed by atoms with Crippen LogP contribution >= 0.6 is 11.6 Å². The molecule has 0 bridgehead atoms. The zero-order chi connectivity index (χ0) is 16.3. The summed E-state index contributed by atoms with van der Waals surface area (Å²) in [7, 11) is -3.88. The summed E-state index contributed by atoms with van der Waals surface area (Å²) in [5.41, 5.74) is 4.78. The molecule has 0 amide bonds. The van der Waals surface area contributed by atoms with Gasteiger partial charge in [0.25, 0.3) is 0 Å². The Balaban J connectivity index is 2.90. The molecule has 0 saturated carbocycles. The molecule has 0 aliphatic rings. The van der Waals surface area contributed by atoms with Crippen LogP contribution in [0.25, 0.3) is 0 Å². The largest absolute Gasteiger partial charge is 0.396 e. The summed E-state index contributed by atoms with van der Waals surface area (Å²) >= 11 is 5.77. The molecule has 0 unspecified atom stereocenters. The molecule has 0 heterocycles. The van der Waals surface area contributed by atoms with Crippen LogP contribution in [0.5, 0.6) is 0 Å². The van der Waals surface area contributed by atoms with Crippen LogP contribution in [0.3, 0.4) is 0 Å². The van der Waals surface area contributed by atoms with Crippen LogP contribution in [0.4, 0.5) is 10.1 Å². The molecule has 0 atom stereocenters. The van der Waals surface area contributed by atoms with Crippen molar-refractivity contribution in [3.63, 3.8) is 0 Å². The second-order valence-electron chi connectivity index (χ2n) is 5.62. The lowest BCUT2D eigenvalue weighted by Crippen LogP contribution is -2.34. The van der Waals surface area contributed by atoms with E-state index in [4.69, 9.17) is 22.4 Å². The van der Waals surface area contributed by atoms with Crippen LogP contribution in [-0.4, -0.2) is 26.7 Å². The van der Waals surface area contributed by atoms with Gasteiger partial charge < -0.3 is 10.8 Å². The van der Waals surface area contributed by atoms with E-state index in [0.29, 0.717) is 12.8 Å². The third-order valence-electron chi connectivity index (χ3n) is 3.09. The maximum absolute atomic E-state index is 13.2. The van der Waals surface area contributed by atoms with Gasteiger partial charge in [-0.15, -0.1) is 0 Å². The Morgan fingerprint density at radius 3 is 2.62 bits per heavy atom. The molecule has 0 aliphatic carbocycles. The molecular formula is C13H20ClFN2O3S. The second-order valence-corrected chi connectivity index (χ2v) is 7.76. The first-order chi connectivity index (χ1) is 9.59. The summed E-state index contributed by atoms with van der Waals surface area (Å²) in [6.45, 7) is 3.98. The molecule has 0 radical (unpaired) electrons. The van der Waals surface area contributed by atoms with Gasteiger partial charge in [0, 0.05) is 13.2 Å².